The van der Waals surface area contributed by atoms with Gasteiger partial charge in [0.05, 0.1) is 24.1 Å². The Labute approximate surface area is 143 Å². The van der Waals surface area contributed by atoms with E-state index in [0.29, 0.717) is 12.0 Å². The molecule has 1 aromatic carbocycles. The van der Waals surface area contributed by atoms with Crippen LogP contribution in [0.15, 0.2) is 24.3 Å². The molecular formula is C17H20F3NO4. The van der Waals surface area contributed by atoms with Gasteiger partial charge in [-0.25, -0.2) is 0 Å². The fourth-order valence-corrected chi connectivity index (χ4v) is 2.95. The Morgan fingerprint density at radius 3 is 2.36 bits per heavy atom. The number of hydrogen-bond acceptors (Lipinski definition) is 3. The van der Waals surface area contributed by atoms with E-state index in [0.717, 1.165) is 12.1 Å². The highest BCUT2D eigenvalue weighted by molar-refractivity contribution is 5.84. The summed E-state index contributed by atoms with van der Waals surface area (Å²) in [6, 6.07) is 4.77. The first-order chi connectivity index (χ1) is 11.6. The topological polar surface area (TPSA) is 75.6 Å². The molecule has 2 N–H and O–H groups in total. The van der Waals surface area contributed by atoms with Crippen molar-refractivity contribution in [2.45, 2.75) is 37.4 Å². The van der Waals surface area contributed by atoms with Gasteiger partial charge in [0.1, 0.15) is 0 Å². The minimum atomic E-state index is -4.39. The number of aliphatic carboxylic acids is 1. The van der Waals surface area contributed by atoms with E-state index < -0.39 is 23.2 Å². The third-order valence-electron chi connectivity index (χ3n) is 4.22. The van der Waals surface area contributed by atoms with Crippen molar-refractivity contribution in [1.82, 2.24) is 5.32 Å². The molecule has 1 saturated carbocycles. The van der Waals surface area contributed by atoms with Gasteiger partial charge in [-0.05, 0) is 37.0 Å². The Hall–Kier alpha value is -2.09. The highest BCUT2D eigenvalue weighted by atomic mass is 19.4. The molecule has 5 nitrogen and oxygen atoms in total. The lowest BCUT2D eigenvalue weighted by atomic mass is 9.98. The Morgan fingerprint density at radius 1 is 1.28 bits per heavy atom. The van der Waals surface area contributed by atoms with Gasteiger partial charge in [0.15, 0.2) is 0 Å². The molecule has 0 aliphatic heterocycles. The molecule has 1 aliphatic carbocycles. The smallest absolute Gasteiger partial charge is 0.416 e. The average Bonchev–Trinajstić information content (AvgIpc) is 3.26. The largest absolute Gasteiger partial charge is 0.481 e. The molecule has 0 heterocycles. The van der Waals surface area contributed by atoms with Crippen LogP contribution in [0.4, 0.5) is 13.2 Å². The van der Waals surface area contributed by atoms with Gasteiger partial charge in [-0.2, -0.15) is 13.2 Å². The van der Waals surface area contributed by atoms with Crippen LogP contribution in [0.3, 0.4) is 0 Å². The van der Waals surface area contributed by atoms with E-state index in [4.69, 9.17) is 9.84 Å². The van der Waals surface area contributed by atoms with Crippen molar-refractivity contribution in [2.24, 2.45) is 5.92 Å². The van der Waals surface area contributed by atoms with Gasteiger partial charge in [0.25, 0.3) is 0 Å². The van der Waals surface area contributed by atoms with Gasteiger partial charge < -0.3 is 15.2 Å². The third kappa shape index (κ3) is 4.94. The van der Waals surface area contributed by atoms with Crippen LogP contribution in [0.5, 0.6) is 0 Å². The number of ether oxygens (including phenoxy) is 1. The second kappa shape index (κ2) is 7.03. The molecule has 8 heteroatoms. The number of nitrogens with one attached hydrogen (secondary N) is 1. The van der Waals surface area contributed by atoms with Crippen LogP contribution >= 0.6 is 0 Å². The molecule has 0 spiro atoms. The Balaban J connectivity index is 2.00. The monoisotopic (exact) mass is 359 g/mol. The van der Waals surface area contributed by atoms with Gasteiger partial charge in [-0.1, -0.05) is 12.1 Å². The SMILES string of the molecule is COCC(C)(CC(=O)O)NC(=O)C1CC1c1ccc(C(F)(F)F)cc1. The summed E-state index contributed by atoms with van der Waals surface area (Å²) >= 11 is 0. The quantitative estimate of drug-likeness (QED) is 0.785. The molecule has 1 fully saturated rings. The van der Waals surface area contributed by atoms with E-state index in [1.165, 1.54) is 19.2 Å². The normalized spacial score (nSPS) is 22.1. The van der Waals surface area contributed by atoms with Crippen LogP contribution in [0.25, 0.3) is 0 Å². The first-order valence-electron chi connectivity index (χ1n) is 7.75. The minimum absolute atomic E-state index is 0.0444. The van der Waals surface area contributed by atoms with Gasteiger partial charge in [-0.15, -0.1) is 0 Å². The van der Waals surface area contributed by atoms with Gasteiger partial charge in [0.2, 0.25) is 5.91 Å². The Kier molecular flexibility index (Phi) is 5.41. The predicted molar refractivity (Wildman–Crippen MR) is 83.0 cm³/mol. The van der Waals surface area contributed by atoms with Crippen molar-refractivity contribution in [3.63, 3.8) is 0 Å². The van der Waals surface area contributed by atoms with Crippen molar-refractivity contribution < 1.29 is 32.6 Å². The lowest BCUT2D eigenvalue weighted by Crippen LogP contribution is -2.51. The number of rotatable bonds is 7. The van der Waals surface area contributed by atoms with Crippen molar-refractivity contribution in [1.29, 1.82) is 0 Å². The first kappa shape index (κ1) is 19.2. The molecule has 0 aromatic heterocycles. The van der Waals surface area contributed by atoms with E-state index in [1.54, 1.807) is 6.92 Å². The van der Waals surface area contributed by atoms with Crippen LogP contribution in [-0.4, -0.2) is 36.2 Å². The average molecular weight is 359 g/mol. The van der Waals surface area contributed by atoms with Crippen LogP contribution in [-0.2, 0) is 20.5 Å². The molecule has 2 rings (SSSR count). The highest BCUT2D eigenvalue weighted by Crippen LogP contribution is 2.48. The lowest BCUT2D eigenvalue weighted by Gasteiger charge is -2.28. The number of hydrogen-bond donors (Lipinski definition) is 2. The molecule has 1 amide bonds. The van der Waals surface area contributed by atoms with Gasteiger partial charge in [-0.3, -0.25) is 9.59 Å². The van der Waals surface area contributed by atoms with Crippen molar-refractivity contribution in [3.05, 3.63) is 35.4 Å². The van der Waals surface area contributed by atoms with Gasteiger partial charge >= 0.3 is 12.1 Å². The maximum atomic E-state index is 12.6. The number of halogens is 3. The number of methoxy groups -OCH3 is 1. The molecule has 25 heavy (non-hydrogen) atoms. The predicted octanol–water partition coefficient (Wildman–Crippen LogP) is 2.80. The van der Waals surface area contributed by atoms with E-state index in [2.05, 4.69) is 5.32 Å². The zero-order valence-electron chi connectivity index (χ0n) is 13.9. The molecule has 0 radical (unpaired) electrons. The summed E-state index contributed by atoms with van der Waals surface area (Å²) in [4.78, 5) is 23.3. The van der Waals surface area contributed by atoms with E-state index in [9.17, 15) is 22.8 Å². The fraction of sp³-hybridized carbons (Fsp3) is 0.529. The number of carbonyl (C=O) groups excluding carboxylic acids is 1. The number of carbonyl (C=O) groups is 2. The zero-order chi connectivity index (χ0) is 18.8. The molecule has 138 valence electrons. The van der Waals surface area contributed by atoms with Crippen LogP contribution < -0.4 is 5.32 Å². The molecule has 0 bridgehead atoms. The summed E-state index contributed by atoms with van der Waals surface area (Å²) in [6.45, 7) is 1.63. The summed E-state index contributed by atoms with van der Waals surface area (Å²) < 4.78 is 42.7. The molecule has 0 saturated heterocycles. The molecule has 1 aromatic rings. The summed E-state index contributed by atoms with van der Waals surface area (Å²) in [5.41, 5.74) is -1.10. The summed E-state index contributed by atoms with van der Waals surface area (Å²) in [5.74, 6) is -1.90. The maximum absolute atomic E-state index is 12.6. The molecule has 3 unspecified atom stereocenters. The highest BCUT2D eigenvalue weighted by Gasteiger charge is 2.46. The molecule has 1 aliphatic rings. The maximum Gasteiger partial charge on any atom is 0.416 e. The third-order valence-corrected chi connectivity index (χ3v) is 4.22. The summed E-state index contributed by atoms with van der Waals surface area (Å²) in [7, 11) is 1.41. The van der Waals surface area contributed by atoms with Crippen molar-refractivity contribution in [3.8, 4) is 0 Å². The van der Waals surface area contributed by atoms with E-state index in [1.807, 2.05) is 0 Å². The standard InChI is InChI=1S/C17H20F3NO4/c1-16(9-25-2,8-14(22)23)21-15(24)13-7-12(13)10-3-5-11(6-4-10)17(18,19)20/h3-6,12-13H,7-9H2,1-2H3,(H,21,24)(H,22,23). The number of alkyl halides is 3. The minimum Gasteiger partial charge on any atom is -0.481 e. The number of amides is 1. The van der Waals surface area contributed by atoms with E-state index >= 15 is 0 Å². The Morgan fingerprint density at radius 2 is 1.88 bits per heavy atom. The van der Waals surface area contributed by atoms with Crippen molar-refractivity contribution in [2.75, 3.05) is 13.7 Å². The fourth-order valence-electron chi connectivity index (χ4n) is 2.95. The van der Waals surface area contributed by atoms with Gasteiger partial charge in [0, 0.05) is 13.0 Å². The lowest BCUT2D eigenvalue weighted by molar-refractivity contribution is -0.140. The van der Waals surface area contributed by atoms with Crippen molar-refractivity contribution >= 4 is 11.9 Å². The molecular weight excluding hydrogens is 339 g/mol. The first-order valence-corrected chi connectivity index (χ1v) is 7.75. The van der Waals surface area contributed by atoms with Crippen LogP contribution in [0.1, 0.15) is 36.8 Å². The van der Waals surface area contributed by atoms with Crippen LogP contribution in [0, 0.1) is 5.92 Å². The van der Waals surface area contributed by atoms with E-state index in [-0.39, 0.29) is 30.8 Å². The molecule has 3 atom stereocenters. The summed E-state index contributed by atoms with van der Waals surface area (Å²) in [5, 5.41) is 11.7. The summed E-state index contributed by atoms with van der Waals surface area (Å²) in [6.07, 6.45) is -4.16. The van der Waals surface area contributed by atoms with Crippen LogP contribution in [0.2, 0.25) is 0 Å². The number of carboxylic acids is 1. The zero-order valence-corrected chi connectivity index (χ0v) is 13.9. The number of benzene rings is 1. The number of carboxylic acid groups (broad SMARTS) is 1. The Bertz CT molecular complexity index is 644. The second-order valence-corrected chi connectivity index (χ2v) is 6.62. The second-order valence-electron chi connectivity index (χ2n) is 6.62.